The third-order valence-electron chi connectivity index (χ3n) is 3.94. The van der Waals surface area contributed by atoms with E-state index in [0.29, 0.717) is 11.3 Å². The number of aryl methyl sites for hydroxylation is 1. The third-order valence-corrected chi connectivity index (χ3v) is 3.94. The number of hydrogen-bond acceptors (Lipinski definition) is 1. The summed E-state index contributed by atoms with van der Waals surface area (Å²) in [5.41, 5.74) is 3.96. The van der Waals surface area contributed by atoms with Gasteiger partial charge in [0.05, 0.1) is 6.10 Å². The van der Waals surface area contributed by atoms with Gasteiger partial charge >= 0.3 is 0 Å². The maximum atomic E-state index is 10.3. The van der Waals surface area contributed by atoms with Crippen LogP contribution in [0, 0.1) is 25.2 Å². The normalized spacial score (nSPS) is 25.0. The van der Waals surface area contributed by atoms with Crippen molar-refractivity contribution in [2.45, 2.75) is 40.2 Å². The number of aliphatic hydroxyl groups is 1. The average molecular weight is 204 g/mol. The summed E-state index contributed by atoms with van der Waals surface area (Å²) in [6.07, 6.45) is 0.863. The van der Waals surface area contributed by atoms with Gasteiger partial charge in [-0.15, -0.1) is 0 Å². The second-order valence-corrected chi connectivity index (χ2v) is 5.53. The van der Waals surface area contributed by atoms with Gasteiger partial charge in [0.1, 0.15) is 0 Å². The zero-order valence-corrected chi connectivity index (χ0v) is 10.0. The van der Waals surface area contributed by atoms with Crippen molar-refractivity contribution >= 4 is 0 Å². The van der Waals surface area contributed by atoms with E-state index in [0.717, 1.165) is 12.0 Å². The zero-order valence-electron chi connectivity index (χ0n) is 10.0. The molecule has 1 N–H and O–H groups in total. The second kappa shape index (κ2) is 3.34. The molecular weight excluding hydrogens is 184 g/mol. The summed E-state index contributed by atoms with van der Waals surface area (Å²) in [6, 6.07) is 6.20. The van der Waals surface area contributed by atoms with E-state index in [2.05, 4.69) is 39.8 Å². The lowest BCUT2D eigenvalue weighted by Crippen LogP contribution is -2.07. The van der Waals surface area contributed by atoms with Crippen molar-refractivity contribution in [3.63, 3.8) is 0 Å². The molecule has 0 saturated heterocycles. The van der Waals surface area contributed by atoms with Crippen LogP contribution in [-0.2, 0) is 0 Å². The molecular formula is C14H20O. The van der Waals surface area contributed by atoms with E-state index in [-0.39, 0.29) is 6.10 Å². The molecule has 1 nitrogen and oxygen atoms in total. The molecule has 1 saturated carbocycles. The van der Waals surface area contributed by atoms with Crippen LogP contribution in [0.3, 0.4) is 0 Å². The summed E-state index contributed by atoms with van der Waals surface area (Å²) >= 11 is 0. The standard InChI is InChI=1S/C14H20O/c1-9-6-5-7-11(10(9)2)13(15)12-8-14(12,3)4/h5-7,12-13,15H,8H2,1-4H3. The lowest BCUT2D eigenvalue weighted by atomic mass is 9.94. The van der Waals surface area contributed by atoms with Gasteiger partial charge in [-0.05, 0) is 48.3 Å². The monoisotopic (exact) mass is 204 g/mol. The van der Waals surface area contributed by atoms with Crippen LogP contribution >= 0.6 is 0 Å². The molecule has 0 aromatic heterocycles. The van der Waals surface area contributed by atoms with Crippen LogP contribution < -0.4 is 0 Å². The van der Waals surface area contributed by atoms with Gasteiger partial charge in [-0.2, -0.15) is 0 Å². The smallest absolute Gasteiger partial charge is 0.0826 e. The predicted octanol–water partition coefficient (Wildman–Crippen LogP) is 3.38. The molecule has 0 aliphatic heterocycles. The van der Waals surface area contributed by atoms with Gasteiger partial charge in [0.15, 0.2) is 0 Å². The van der Waals surface area contributed by atoms with Crippen LogP contribution in [0.25, 0.3) is 0 Å². The largest absolute Gasteiger partial charge is 0.388 e. The minimum atomic E-state index is -0.278. The summed E-state index contributed by atoms with van der Waals surface area (Å²) in [4.78, 5) is 0. The summed E-state index contributed by atoms with van der Waals surface area (Å²) in [5.74, 6) is 0.443. The molecule has 2 atom stereocenters. The minimum Gasteiger partial charge on any atom is -0.388 e. The van der Waals surface area contributed by atoms with Crippen molar-refractivity contribution in [1.82, 2.24) is 0 Å². The highest BCUT2D eigenvalue weighted by Crippen LogP contribution is 2.58. The van der Waals surface area contributed by atoms with Gasteiger partial charge in [-0.1, -0.05) is 32.0 Å². The molecule has 0 heterocycles. The Morgan fingerprint density at radius 3 is 2.47 bits per heavy atom. The summed E-state index contributed by atoms with van der Waals surface area (Å²) in [5, 5.41) is 10.3. The summed E-state index contributed by atoms with van der Waals surface area (Å²) < 4.78 is 0. The summed E-state index contributed by atoms with van der Waals surface area (Å²) in [7, 11) is 0. The topological polar surface area (TPSA) is 20.2 Å². The van der Waals surface area contributed by atoms with Crippen molar-refractivity contribution in [3.05, 3.63) is 34.9 Å². The van der Waals surface area contributed by atoms with Gasteiger partial charge in [-0.25, -0.2) is 0 Å². The first-order chi connectivity index (χ1) is 6.93. The van der Waals surface area contributed by atoms with Crippen molar-refractivity contribution in [3.8, 4) is 0 Å². The Kier molecular flexibility index (Phi) is 2.38. The van der Waals surface area contributed by atoms with Crippen LogP contribution in [0.4, 0.5) is 0 Å². The molecule has 1 aromatic carbocycles. The SMILES string of the molecule is Cc1cccc(C(O)C2CC2(C)C)c1C. The fourth-order valence-electron chi connectivity index (χ4n) is 2.36. The zero-order chi connectivity index (χ0) is 11.2. The predicted molar refractivity (Wildman–Crippen MR) is 62.8 cm³/mol. The third kappa shape index (κ3) is 1.81. The van der Waals surface area contributed by atoms with Crippen LogP contribution in [0.15, 0.2) is 18.2 Å². The highest BCUT2D eigenvalue weighted by atomic mass is 16.3. The van der Waals surface area contributed by atoms with E-state index in [1.54, 1.807) is 0 Å². The fraction of sp³-hybridized carbons (Fsp3) is 0.571. The quantitative estimate of drug-likeness (QED) is 0.783. The summed E-state index contributed by atoms with van der Waals surface area (Å²) in [6.45, 7) is 8.66. The number of rotatable bonds is 2. The van der Waals surface area contributed by atoms with Crippen molar-refractivity contribution in [1.29, 1.82) is 0 Å². The van der Waals surface area contributed by atoms with Crippen molar-refractivity contribution in [2.24, 2.45) is 11.3 Å². The Morgan fingerprint density at radius 1 is 1.33 bits per heavy atom. The molecule has 1 fully saturated rings. The number of aliphatic hydroxyl groups excluding tert-OH is 1. The van der Waals surface area contributed by atoms with E-state index in [1.807, 2.05) is 6.07 Å². The molecule has 2 rings (SSSR count). The average Bonchev–Trinajstić information content (AvgIpc) is 2.79. The van der Waals surface area contributed by atoms with Crippen LogP contribution in [0.5, 0.6) is 0 Å². The molecule has 15 heavy (non-hydrogen) atoms. The molecule has 1 heteroatoms. The molecule has 82 valence electrons. The molecule has 1 aliphatic rings. The van der Waals surface area contributed by atoms with Gasteiger partial charge in [0, 0.05) is 0 Å². The van der Waals surface area contributed by atoms with Gasteiger partial charge < -0.3 is 5.11 Å². The maximum absolute atomic E-state index is 10.3. The molecule has 0 spiro atoms. The molecule has 0 amide bonds. The van der Waals surface area contributed by atoms with Gasteiger partial charge in [0.25, 0.3) is 0 Å². The van der Waals surface area contributed by atoms with Crippen LogP contribution in [0.1, 0.15) is 43.1 Å². The first-order valence-electron chi connectivity index (χ1n) is 5.67. The number of hydrogen-bond donors (Lipinski definition) is 1. The van der Waals surface area contributed by atoms with E-state index >= 15 is 0 Å². The second-order valence-electron chi connectivity index (χ2n) is 5.53. The van der Waals surface area contributed by atoms with Crippen LogP contribution in [-0.4, -0.2) is 5.11 Å². The fourth-order valence-corrected chi connectivity index (χ4v) is 2.36. The van der Waals surface area contributed by atoms with E-state index in [4.69, 9.17) is 0 Å². The van der Waals surface area contributed by atoms with Crippen LogP contribution in [0.2, 0.25) is 0 Å². The highest BCUT2D eigenvalue weighted by molar-refractivity contribution is 5.35. The van der Waals surface area contributed by atoms with Crippen molar-refractivity contribution in [2.75, 3.05) is 0 Å². The van der Waals surface area contributed by atoms with E-state index in [1.165, 1.54) is 11.1 Å². The Bertz CT molecular complexity index is 379. The number of benzene rings is 1. The minimum absolute atomic E-state index is 0.278. The molecule has 1 aromatic rings. The van der Waals surface area contributed by atoms with Crippen molar-refractivity contribution < 1.29 is 5.11 Å². The molecule has 2 unspecified atom stereocenters. The lowest BCUT2D eigenvalue weighted by molar-refractivity contribution is 0.137. The Hall–Kier alpha value is -0.820. The first kappa shape index (κ1) is 10.7. The maximum Gasteiger partial charge on any atom is 0.0826 e. The molecule has 0 radical (unpaired) electrons. The molecule has 0 bridgehead atoms. The van der Waals surface area contributed by atoms with Gasteiger partial charge in [-0.3, -0.25) is 0 Å². The highest BCUT2D eigenvalue weighted by Gasteiger charge is 2.50. The first-order valence-corrected chi connectivity index (χ1v) is 5.67. The lowest BCUT2D eigenvalue weighted by Gasteiger charge is -2.16. The van der Waals surface area contributed by atoms with Gasteiger partial charge in [0.2, 0.25) is 0 Å². The Balaban J connectivity index is 2.27. The Morgan fingerprint density at radius 2 is 1.93 bits per heavy atom. The van der Waals surface area contributed by atoms with E-state index in [9.17, 15) is 5.11 Å². The Labute approximate surface area is 92.1 Å². The van der Waals surface area contributed by atoms with E-state index < -0.39 is 0 Å². The molecule has 1 aliphatic carbocycles.